The monoisotopic (exact) mass is 289 g/mol. The number of aryl methyl sites for hydroxylation is 1. The van der Waals surface area contributed by atoms with Crippen molar-refractivity contribution in [3.8, 4) is 12.3 Å². The maximum absolute atomic E-state index is 10.1. The summed E-state index contributed by atoms with van der Waals surface area (Å²) >= 11 is 0. The van der Waals surface area contributed by atoms with E-state index in [-0.39, 0.29) is 13.2 Å². The number of hydrogen-bond acceptors (Lipinski definition) is 3. The van der Waals surface area contributed by atoms with E-state index >= 15 is 0 Å². The van der Waals surface area contributed by atoms with Crippen LogP contribution < -0.4 is 0 Å². The Balaban J connectivity index is 2.59. The summed E-state index contributed by atoms with van der Waals surface area (Å²) < 4.78 is 5.21. The third-order valence-corrected chi connectivity index (χ3v) is 3.66. The number of ether oxygens (including phenoxy) is 1. The summed E-state index contributed by atoms with van der Waals surface area (Å²) in [6.45, 7) is 8.39. The van der Waals surface area contributed by atoms with Crippen molar-refractivity contribution >= 4 is 0 Å². The summed E-state index contributed by atoms with van der Waals surface area (Å²) in [5.74, 6) is 2.41. The molecule has 0 radical (unpaired) electrons. The van der Waals surface area contributed by atoms with Gasteiger partial charge in [0.15, 0.2) is 0 Å². The van der Waals surface area contributed by atoms with Gasteiger partial charge in [-0.1, -0.05) is 42.7 Å². The smallest absolute Gasteiger partial charge is 0.107 e. The lowest BCUT2D eigenvalue weighted by molar-refractivity contribution is 0.0170. The molecule has 0 heterocycles. The Morgan fingerprint density at radius 3 is 2.57 bits per heavy atom. The highest BCUT2D eigenvalue weighted by molar-refractivity contribution is 5.21. The Labute approximate surface area is 128 Å². The summed E-state index contributed by atoms with van der Waals surface area (Å²) in [6.07, 6.45) is 5.66. The average molecular weight is 289 g/mol. The lowest BCUT2D eigenvalue weighted by Crippen LogP contribution is -2.39. The number of benzene rings is 1. The van der Waals surface area contributed by atoms with Crippen LogP contribution in [-0.2, 0) is 11.3 Å². The Hall–Kier alpha value is -1.34. The van der Waals surface area contributed by atoms with Gasteiger partial charge in [0.2, 0.25) is 0 Å². The van der Waals surface area contributed by atoms with E-state index in [0.717, 1.165) is 13.0 Å². The van der Waals surface area contributed by atoms with E-state index in [1.165, 1.54) is 11.1 Å². The standard InChI is InChI=1S/C18H27NO2/c1-5-11-21-14-18(20)13-19(16(4)6-2)12-17-9-7-15(3)8-10-17/h1,7-10,16,18,20H,6,11-14H2,2-4H3. The van der Waals surface area contributed by atoms with Crippen LogP contribution in [-0.4, -0.2) is 41.9 Å². The zero-order valence-corrected chi connectivity index (χ0v) is 13.4. The predicted octanol–water partition coefficient (Wildman–Crippen LogP) is 2.61. The van der Waals surface area contributed by atoms with Crippen molar-refractivity contribution in [2.45, 2.75) is 45.9 Å². The van der Waals surface area contributed by atoms with Gasteiger partial charge in [0.05, 0.1) is 12.7 Å². The number of hydrogen-bond donors (Lipinski definition) is 1. The van der Waals surface area contributed by atoms with Gasteiger partial charge in [0.25, 0.3) is 0 Å². The maximum atomic E-state index is 10.1. The molecule has 1 rings (SSSR count). The van der Waals surface area contributed by atoms with Gasteiger partial charge in [0.1, 0.15) is 6.61 Å². The van der Waals surface area contributed by atoms with Crippen molar-refractivity contribution < 1.29 is 9.84 Å². The summed E-state index contributed by atoms with van der Waals surface area (Å²) in [5, 5.41) is 10.1. The number of rotatable bonds is 9. The molecule has 21 heavy (non-hydrogen) atoms. The van der Waals surface area contributed by atoms with E-state index in [4.69, 9.17) is 11.2 Å². The summed E-state index contributed by atoms with van der Waals surface area (Å²) in [4.78, 5) is 2.29. The Bertz CT molecular complexity index is 436. The molecule has 0 aliphatic rings. The molecule has 0 aliphatic carbocycles. The molecule has 2 atom stereocenters. The molecular formula is C18H27NO2. The van der Waals surface area contributed by atoms with Gasteiger partial charge in [-0.05, 0) is 25.8 Å². The average Bonchev–Trinajstić information content (AvgIpc) is 2.48. The normalized spacial score (nSPS) is 13.9. The van der Waals surface area contributed by atoms with Crippen LogP contribution in [0.15, 0.2) is 24.3 Å². The quantitative estimate of drug-likeness (QED) is 0.560. The molecule has 3 nitrogen and oxygen atoms in total. The van der Waals surface area contributed by atoms with Crippen molar-refractivity contribution in [1.29, 1.82) is 0 Å². The Morgan fingerprint density at radius 1 is 1.33 bits per heavy atom. The van der Waals surface area contributed by atoms with Gasteiger partial charge < -0.3 is 9.84 Å². The van der Waals surface area contributed by atoms with Crippen LogP contribution in [0.4, 0.5) is 0 Å². The number of aliphatic hydroxyl groups is 1. The van der Waals surface area contributed by atoms with Crippen molar-refractivity contribution in [3.05, 3.63) is 35.4 Å². The highest BCUT2D eigenvalue weighted by Crippen LogP contribution is 2.12. The summed E-state index contributed by atoms with van der Waals surface area (Å²) in [6, 6.07) is 8.94. The van der Waals surface area contributed by atoms with Crippen LogP contribution in [0.25, 0.3) is 0 Å². The van der Waals surface area contributed by atoms with Gasteiger partial charge in [-0.2, -0.15) is 0 Å². The zero-order valence-electron chi connectivity index (χ0n) is 13.4. The molecule has 116 valence electrons. The van der Waals surface area contributed by atoms with E-state index in [2.05, 4.69) is 55.9 Å². The van der Waals surface area contributed by atoms with Gasteiger partial charge in [-0.3, -0.25) is 4.90 Å². The van der Waals surface area contributed by atoms with Crippen LogP contribution in [0.1, 0.15) is 31.4 Å². The molecule has 2 unspecified atom stereocenters. The molecule has 1 aromatic carbocycles. The first kappa shape index (κ1) is 17.7. The molecule has 0 spiro atoms. The fraction of sp³-hybridized carbons (Fsp3) is 0.556. The molecule has 0 saturated carbocycles. The van der Waals surface area contributed by atoms with Crippen LogP contribution >= 0.6 is 0 Å². The largest absolute Gasteiger partial charge is 0.389 e. The van der Waals surface area contributed by atoms with Crippen molar-refractivity contribution in [2.24, 2.45) is 0 Å². The molecule has 0 saturated heterocycles. The van der Waals surface area contributed by atoms with E-state index in [1.54, 1.807) is 0 Å². The molecule has 0 aliphatic heterocycles. The van der Waals surface area contributed by atoms with Crippen LogP contribution in [0.3, 0.4) is 0 Å². The first-order valence-electron chi connectivity index (χ1n) is 7.55. The third-order valence-electron chi connectivity index (χ3n) is 3.66. The minimum atomic E-state index is -0.516. The number of aliphatic hydroxyl groups excluding tert-OH is 1. The molecular weight excluding hydrogens is 262 g/mol. The number of nitrogens with zero attached hydrogens (tertiary/aromatic N) is 1. The second-order valence-electron chi connectivity index (χ2n) is 5.55. The first-order valence-corrected chi connectivity index (χ1v) is 7.55. The van der Waals surface area contributed by atoms with Crippen LogP contribution in [0.5, 0.6) is 0 Å². The first-order chi connectivity index (χ1) is 10.1. The lowest BCUT2D eigenvalue weighted by Gasteiger charge is -2.30. The fourth-order valence-electron chi connectivity index (χ4n) is 2.16. The number of terminal acetylenes is 1. The van der Waals surface area contributed by atoms with Gasteiger partial charge in [-0.15, -0.1) is 6.42 Å². The maximum Gasteiger partial charge on any atom is 0.107 e. The van der Waals surface area contributed by atoms with E-state index in [0.29, 0.717) is 12.6 Å². The topological polar surface area (TPSA) is 32.7 Å². The minimum Gasteiger partial charge on any atom is -0.389 e. The fourth-order valence-corrected chi connectivity index (χ4v) is 2.16. The van der Waals surface area contributed by atoms with E-state index in [9.17, 15) is 5.11 Å². The minimum absolute atomic E-state index is 0.248. The van der Waals surface area contributed by atoms with Crippen LogP contribution in [0.2, 0.25) is 0 Å². The molecule has 1 aromatic rings. The van der Waals surface area contributed by atoms with Crippen molar-refractivity contribution in [3.63, 3.8) is 0 Å². The Morgan fingerprint density at radius 2 is 2.00 bits per heavy atom. The highest BCUT2D eigenvalue weighted by Gasteiger charge is 2.17. The molecule has 0 fully saturated rings. The zero-order chi connectivity index (χ0) is 15.7. The summed E-state index contributed by atoms with van der Waals surface area (Å²) in [7, 11) is 0. The predicted molar refractivity (Wildman–Crippen MR) is 87.0 cm³/mol. The lowest BCUT2D eigenvalue weighted by atomic mass is 10.1. The van der Waals surface area contributed by atoms with Gasteiger partial charge in [0, 0.05) is 19.1 Å². The Kier molecular flexibility index (Phi) is 8.07. The van der Waals surface area contributed by atoms with E-state index < -0.39 is 6.10 Å². The molecule has 0 aromatic heterocycles. The SMILES string of the molecule is C#CCOCC(O)CN(Cc1ccc(C)cc1)C(C)CC. The molecule has 0 amide bonds. The van der Waals surface area contributed by atoms with Gasteiger partial charge in [-0.25, -0.2) is 0 Å². The van der Waals surface area contributed by atoms with Crippen molar-refractivity contribution in [2.75, 3.05) is 19.8 Å². The third kappa shape index (κ3) is 6.77. The van der Waals surface area contributed by atoms with E-state index in [1.807, 2.05) is 0 Å². The van der Waals surface area contributed by atoms with Gasteiger partial charge >= 0.3 is 0 Å². The molecule has 0 bridgehead atoms. The molecule has 1 N–H and O–H groups in total. The van der Waals surface area contributed by atoms with Crippen molar-refractivity contribution in [1.82, 2.24) is 4.90 Å². The summed E-state index contributed by atoms with van der Waals surface area (Å²) in [5.41, 5.74) is 2.52. The molecule has 3 heteroatoms. The highest BCUT2D eigenvalue weighted by atomic mass is 16.5. The second kappa shape index (κ2) is 9.57. The second-order valence-corrected chi connectivity index (χ2v) is 5.55. The van der Waals surface area contributed by atoms with Crippen LogP contribution in [0, 0.1) is 19.3 Å².